The first-order valence-corrected chi connectivity index (χ1v) is 7.28. The van der Waals surface area contributed by atoms with E-state index in [1.165, 1.54) is 5.69 Å². The van der Waals surface area contributed by atoms with Crippen LogP contribution in [0.5, 0.6) is 0 Å². The third-order valence-electron chi connectivity index (χ3n) is 2.90. The van der Waals surface area contributed by atoms with Gasteiger partial charge in [0.1, 0.15) is 0 Å². The third-order valence-corrected chi connectivity index (χ3v) is 3.94. The second-order valence-electron chi connectivity index (χ2n) is 5.31. The van der Waals surface area contributed by atoms with Gasteiger partial charge in [-0.1, -0.05) is 13.8 Å². The first kappa shape index (κ1) is 15.7. The molecule has 0 aliphatic carbocycles. The van der Waals surface area contributed by atoms with Crippen molar-refractivity contribution in [1.82, 2.24) is 20.0 Å². The molecule has 1 aromatic heterocycles. The standard InChI is InChI=1S/C13H25BrN4/c1-10(2)8-15-6-7-17(4)9-12-13(14)11(3)16-18(12)5/h10,15H,6-9H2,1-5H3. The Balaban J connectivity index is 2.38. The lowest BCUT2D eigenvalue weighted by atomic mass is 10.2. The van der Waals surface area contributed by atoms with Crippen molar-refractivity contribution in [2.45, 2.75) is 27.3 Å². The van der Waals surface area contributed by atoms with Crippen LogP contribution < -0.4 is 5.32 Å². The average molecular weight is 317 g/mol. The fourth-order valence-electron chi connectivity index (χ4n) is 1.85. The number of aryl methyl sites for hydroxylation is 2. The minimum atomic E-state index is 0.712. The van der Waals surface area contributed by atoms with Crippen LogP contribution >= 0.6 is 15.9 Å². The van der Waals surface area contributed by atoms with Crippen LogP contribution in [0.2, 0.25) is 0 Å². The summed E-state index contributed by atoms with van der Waals surface area (Å²) in [7, 11) is 4.14. The van der Waals surface area contributed by atoms with Crippen LogP contribution in [0.15, 0.2) is 4.47 Å². The number of halogens is 1. The van der Waals surface area contributed by atoms with Gasteiger partial charge < -0.3 is 5.32 Å². The van der Waals surface area contributed by atoms with E-state index in [1.807, 2.05) is 18.7 Å². The molecule has 0 bridgehead atoms. The lowest BCUT2D eigenvalue weighted by Gasteiger charge is -2.17. The van der Waals surface area contributed by atoms with Crippen LogP contribution in [-0.4, -0.2) is 41.4 Å². The zero-order chi connectivity index (χ0) is 13.7. The lowest BCUT2D eigenvalue weighted by Crippen LogP contribution is -2.31. The van der Waals surface area contributed by atoms with E-state index in [-0.39, 0.29) is 0 Å². The molecule has 0 amide bonds. The van der Waals surface area contributed by atoms with E-state index in [1.54, 1.807) is 0 Å². The second kappa shape index (κ2) is 7.26. The molecule has 1 N–H and O–H groups in total. The van der Waals surface area contributed by atoms with Crippen molar-refractivity contribution in [3.8, 4) is 0 Å². The largest absolute Gasteiger partial charge is 0.315 e. The highest BCUT2D eigenvalue weighted by molar-refractivity contribution is 9.10. The number of rotatable bonds is 7. The Morgan fingerprint density at radius 1 is 1.44 bits per heavy atom. The van der Waals surface area contributed by atoms with Gasteiger partial charge in [0.15, 0.2) is 0 Å². The Morgan fingerprint density at radius 3 is 2.61 bits per heavy atom. The van der Waals surface area contributed by atoms with E-state index in [4.69, 9.17) is 0 Å². The Bertz CT molecular complexity index is 373. The highest BCUT2D eigenvalue weighted by atomic mass is 79.9. The Hall–Kier alpha value is -0.390. The zero-order valence-corrected chi connectivity index (χ0v) is 13.7. The fourth-order valence-corrected chi connectivity index (χ4v) is 2.31. The van der Waals surface area contributed by atoms with E-state index in [0.717, 1.165) is 36.3 Å². The SMILES string of the molecule is Cc1nn(C)c(CN(C)CCNCC(C)C)c1Br. The van der Waals surface area contributed by atoms with E-state index in [0.29, 0.717) is 5.92 Å². The Kier molecular flexibility index (Phi) is 6.32. The Labute approximate surface area is 119 Å². The van der Waals surface area contributed by atoms with E-state index in [9.17, 15) is 0 Å². The number of nitrogens with zero attached hydrogens (tertiary/aromatic N) is 3. The summed E-state index contributed by atoms with van der Waals surface area (Å²) in [6.45, 7) is 10.6. The molecule has 0 aliphatic heterocycles. The molecule has 104 valence electrons. The van der Waals surface area contributed by atoms with Crippen molar-refractivity contribution >= 4 is 15.9 Å². The van der Waals surface area contributed by atoms with Gasteiger partial charge in [-0.3, -0.25) is 9.58 Å². The molecular formula is C13H25BrN4. The molecule has 1 rings (SSSR count). The molecule has 4 nitrogen and oxygen atoms in total. The minimum absolute atomic E-state index is 0.712. The van der Waals surface area contributed by atoms with E-state index in [2.05, 4.69) is 52.1 Å². The van der Waals surface area contributed by atoms with E-state index >= 15 is 0 Å². The molecule has 1 aromatic rings. The van der Waals surface area contributed by atoms with Crippen LogP contribution in [0.3, 0.4) is 0 Å². The maximum absolute atomic E-state index is 4.41. The fraction of sp³-hybridized carbons (Fsp3) is 0.769. The van der Waals surface area contributed by atoms with Crippen molar-refractivity contribution < 1.29 is 0 Å². The summed E-state index contributed by atoms with van der Waals surface area (Å²) in [5.41, 5.74) is 2.29. The summed E-state index contributed by atoms with van der Waals surface area (Å²) in [5, 5.41) is 7.87. The van der Waals surface area contributed by atoms with Gasteiger partial charge in [0.25, 0.3) is 0 Å². The monoisotopic (exact) mass is 316 g/mol. The summed E-state index contributed by atoms with van der Waals surface area (Å²) >= 11 is 3.60. The normalized spacial score (nSPS) is 11.8. The van der Waals surface area contributed by atoms with Gasteiger partial charge in [0.2, 0.25) is 0 Å². The third kappa shape index (κ3) is 4.71. The molecule has 0 unspecified atom stereocenters. The zero-order valence-electron chi connectivity index (χ0n) is 12.1. The van der Waals surface area contributed by atoms with Gasteiger partial charge in [-0.05, 0) is 42.4 Å². The van der Waals surface area contributed by atoms with Crippen molar-refractivity contribution in [3.63, 3.8) is 0 Å². The summed E-state index contributed by atoms with van der Waals surface area (Å²) in [6.07, 6.45) is 0. The van der Waals surface area contributed by atoms with Crippen LogP contribution in [-0.2, 0) is 13.6 Å². The highest BCUT2D eigenvalue weighted by Gasteiger charge is 2.12. The smallest absolute Gasteiger partial charge is 0.0739 e. The number of likely N-dealkylation sites (N-methyl/N-ethyl adjacent to an activating group) is 1. The summed E-state index contributed by atoms with van der Waals surface area (Å²) in [6, 6.07) is 0. The number of nitrogens with one attached hydrogen (secondary N) is 1. The van der Waals surface area contributed by atoms with Gasteiger partial charge in [-0.25, -0.2) is 0 Å². The van der Waals surface area contributed by atoms with Crippen LogP contribution in [0.25, 0.3) is 0 Å². The van der Waals surface area contributed by atoms with E-state index < -0.39 is 0 Å². The Morgan fingerprint density at radius 2 is 2.11 bits per heavy atom. The molecule has 0 aliphatic rings. The molecule has 0 saturated heterocycles. The molecule has 0 spiro atoms. The van der Waals surface area contributed by atoms with Gasteiger partial charge >= 0.3 is 0 Å². The van der Waals surface area contributed by atoms with Gasteiger partial charge in [-0.15, -0.1) is 0 Å². The van der Waals surface area contributed by atoms with Crippen molar-refractivity contribution in [1.29, 1.82) is 0 Å². The number of hydrogen-bond acceptors (Lipinski definition) is 3. The van der Waals surface area contributed by atoms with Crippen molar-refractivity contribution in [3.05, 3.63) is 15.9 Å². The number of hydrogen-bond donors (Lipinski definition) is 1. The predicted octanol–water partition coefficient (Wildman–Crippen LogP) is 2.17. The molecular weight excluding hydrogens is 292 g/mol. The summed E-state index contributed by atoms with van der Waals surface area (Å²) in [4.78, 5) is 2.31. The molecule has 0 aromatic carbocycles. The van der Waals surface area contributed by atoms with Crippen LogP contribution in [0.4, 0.5) is 0 Å². The average Bonchev–Trinajstić information content (AvgIpc) is 2.51. The molecule has 0 fully saturated rings. The molecule has 0 radical (unpaired) electrons. The van der Waals surface area contributed by atoms with Gasteiger partial charge in [0, 0.05) is 26.7 Å². The number of aromatic nitrogens is 2. The first-order chi connectivity index (χ1) is 8.41. The van der Waals surface area contributed by atoms with Gasteiger partial charge in [-0.2, -0.15) is 5.10 Å². The highest BCUT2D eigenvalue weighted by Crippen LogP contribution is 2.21. The maximum atomic E-state index is 4.41. The minimum Gasteiger partial charge on any atom is -0.315 e. The lowest BCUT2D eigenvalue weighted by molar-refractivity contribution is 0.312. The molecule has 0 atom stereocenters. The van der Waals surface area contributed by atoms with Crippen LogP contribution in [0.1, 0.15) is 25.2 Å². The quantitative estimate of drug-likeness (QED) is 0.783. The molecule has 5 heteroatoms. The van der Waals surface area contributed by atoms with Crippen molar-refractivity contribution in [2.75, 3.05) is 26.7 Å². The maximum Gasteiger partial charge on any atom is 0.0739 e. The summed E-state index contributed by atoms with van der Waals surface area (Å²) < 4.78 is 3.09. The second-order valence-corrected chi connectivity index (χ2v) is 6.10. The summed E-state index contributed by atoms with van der Waals surface area (Å²) in [5.74, 6) is 0.712. The first-order valence-electron chi connectivity index (χ1n) is 6.49. The predicted molar refractivity (Wildman–Crippen MR) is 79.7 cm³/mol. The topological polar surface area (TPSA) is 33.1 Å². The van der Waals surface area contributed by atoms with Crippen LogP contribution in [0, 0.1) is 12.8 Å². The van der Waals surface area contributed by atoms with Gasteiger partial charge in [0.05, 0.1) is 15.9 Å². The molecule has 1 heterocycles. The van der Waals surface area contributed by atoms with Crippen molar-refractivity contribution in [2.24, 2.45) is 13.0 Å². The molecule has 0 saturated carbocycles. The molecule has 18 heavy (non-hydrogen) atoms.